The van der Waals surface area contributed by atoms with Crippen LogP contribution >= 0.6 is 0 Å². The highest BCUT2D eigenvalue weighted by molar-refractivity contribution is 5.64. The second-order valence-corrected chi connectivity index (χ2v) is 9.70. The summed E-state index contributed by atoms with van der Waals surface area (Å²) in [5, 5.41) is 6.08. The first-order valence-electron chi connectivity index (χ1n) is 11.1. The van der Waals surface area contributed by atoms with E-state index in [2.05, 4.69) is 94.5 Å². The Morgan fingerprint density at radius 3 is 2.19 bits per heavy atom. The highest BCUT2D eigenvalue weighted by atomic mass is 15.5. The standard InChI is InChI=1S/C28H39N3/c1-21(2)20-27(31(29-9)24(5)30-18-16-22(3)17-19-30)15-10-23(4)25-11-13-26(14-12-25)28(6,7)8/h11-15,20,22H,1,5,9,16-19H2,2-4,6-8H3/b27-20-. The lowest BCUT2D eigenvalue weighted by Gasteiger charge is -2.36. The highest BCUT2D eigenvalue weighted by Crippen LogP contribution is 2.26. The van der Waals surface area contributed by atoms with E-state index in [4.69, 9.17) is 0 Å². The summed E-state index contributed by atoms with van der Waals surface area (Å²) in [6.07, 6.45) is 6.29. The fraction of sp³-hybridized carbons (Fsp3) is 0.429. The minimum absolute atomic E-state index is 0.145. The number of hydrazone groups is 1. The van der Waals surface area contributed by atoms with Gasteiger partial charge in [0.2, 0.25) is 0 Å². The molecule has 3 nitrogen and oxygen atoms in total. The van der Waals surface area contributed by atoms with E-state index in [0.717, 1.165) is 47.2 Å². The molecule has 0 saturated carbocycles. The van der Waals surface area contributed by atoms with Gasteiger partial charge in [0.25, 0.3) is 0 Å². The maximum Gasteiger partial charge on any atom is 0.123 e. The largest absolute Gasteiger partial charge is 0.357 e. The van der Waals surface area contributed by atoms with Gasteiger partial charge in [-0.05, 0) is 60.8 Å². The summed E-state index contributed by atoms with van der Waals surface area (Å²) >= 11 is 0. The van der Waals surface area contributed by atoms with Crippen LogP contribution in [0.25, 0.3) is 5.57 Å². The fourth-order valence-corrected chi connectivity index (χ4v) is 3.62. The lowest BCUT2D eigenvalue weighted by molar-refractivity contribution is 0.187. The molecule has 0 aromatic heterocycles. The third-order valence-corrected chi connectivity index (χ3v) is 5.79. The van der Waals surface area contributed by atoms with Crippen LogP contribution in [-0.4, -0.2) is 29.7 Å². The van der Waals surface area contributed by atoms with Crippen LogP contribution in [0.1, 0.15) is 65.5 Å². The minimum atomic E-state index is 0.145. The number of nitrogens with zero attached hydrogens (tertiary/aromatic N) is 3. The number of likely N-dealkylation sites (tertiary alicyclic amines) is 1. The van der Waals surface area contributed by atoms with Gasteiger partial charge in [-0.15, -0.1) is 5.73 Å². The molecule has 1 saturated heterocycles. The van der Waals surface area contributed by atoms with Crippen molar-refractivity contribution in [1.82, 2.24) is 9.91 Å². The Morgan fingerprint density at radius 1 is 1.13 bits per heavy atom. The van der Waals surface area contributed by atoms with Crippen molar-refractivity contribution in [2.75, 3.05) is 13.1 Å². The average Bonchev–Trinajstić information content (AvgIpc) is 2.71. The molecule has 31 heavy (non-hydrogen) atoms. The predicted octanol–water partition coefficient (Wildman–Crippen LogP) is 7.12. The van der Waals surface area contributed by atoms with Crippen LogP contribution in [0.3, 0.4) is 0 Å². The monoisotopic (exact) mass is 417 g/mol. The Balaban J connectivity index is 2.32. The zero-order chi connectivity index (χ0) is 23.2. The second-order valence-electron chi connectivity index (χ2n) is 9.70. The van der Waals surface area contributed by atoms with E-state index in [-0.39, 0.29) is 5.41 Å². The van der Waals surface area contributed by atoms with Crippen LogP contribution in [0.4, 0.5) is 0 Å². The maximum atomic E-state index is 4.31. The van der Waals surface area contributed by atoms with E-state index in [0.29, 0.717) is 0 Å². The number of piperidine rings is 1. The number of hydrogen-bond acceptors (Lipinski definition) is 3. The Kier molecular flexibility index (Phi) is 8.30. The van der Waals surface area contributed by atoms with Gasteiger partial charge in [0.1, 0.15) is 5.82 Å². The van der Waals surface area contributed by atoms with Crippen molar-refractivity contribution >= 4 is 12.3 Å². The Morgan fingerprint density at radius 2 is 1.71 bits per heavy atom. The molecule has 1 aliphatic heterocycles. The molecular weight excluding hydrogens is 378 g/mol. The molecule has 0 N–H and O–H groups in total. The maximum absolute atomic E-state index is 4.31. The first-order chi connectivity index (χ1) is 14.5. The Hall–Kier alpha value is -2.77. The van der Waals surface area contributed by atoms with Gasteiger partial charge in [-0.25, -0.2) is 5.01 Å². The molecular formula is C28H39N3. The molecule has 0 spiro atoms. The first kappa shape index (κ1) is 24.5. The molecule has 0 aliphatic carbocycles. The number of rotatable bonds is 7. The van der Waals surface area contributed by atoms with Crippen LogP contribution in [0, 0.1) is 5.92 Å². The molecule has 0 atom stereocenters. The zero-order valence-electron chi connectivity index (χ0n) is 20.3. The van der Waals surface area contributed by atoms with Gasteiger partial charge in [-0.3, -0.25) is 0 Å². The molecule has 0 radical (unpaired) electrons. The van der Waals surface area contributed by atoms with E-state index in [1.165, 1.54) is 18.4 Å². The fourth-order valence-electron chi connectivity index (χ4n) is 3.62. The SMILES string of the molecule is C=NN(C(=C)N1CCC(C)CC1)/C(C=C=C(C)c1ccc(C(C)(C)C)cc1)=C\C(=C)C. The molecule has 0 amide bonds. The summed E-state index contributed by atoms with van der Waals surface area (Å²) in [6.45, 7) is 27.2. The van der Waals surface area contributed by atoms with E-state index in [9.17, 15) is 0 Å². The van der Waals surface area contributed by atoms with Gasteiger partial charge in [-0.1, -0.05) is 70.7 Å². The van der Waals surface area contributed by atoms with Gasteiger partial charge in [0.15, 0.2) is 0 Å². The van der Waals surface area contributed by atoms with Gasteiger partial charge in [0, 0.05) is 25.9 Å². The summed E-state index contributed by atoms with van der Waals surface area (Å²) in [5.74, 6) is 1.61. The molecule has 0 bridgehead atoms. The smallest absolute Gasteiger partial charge is 0.123 e. The summed E-state index contributed by atoms with van der Waals surface area (Å²) in [5.41, 5.74) is 8.92. The van der Waals surface area contributed by atoms with Gasteiger partial charge in [0.05, 0.1) is 5.70 Å². The third kappa shape index (κ3) is 6.87. The topological polar surface area (TPSA) is 18.8 Å². The molecule has 1 fully saturated rings. The van der Waals surface area contributed by atoms with Crippen molar-refractivity contribution in [1.29, 1.82) is 0 Å². The van der Waals surface area contributed by atoms with E-state index >= 15 is 0 Å². The van der Waals surface area contributed by atoms with E-state index in [1.54, 1.807) is 5.01 Å². The summed E-state index contributed by atoms with van der Waals surface area (Å²) in [4.78, 5) is 2.29. The molecule has 1 aromatic carbocycles. The molecule has 0 unspecified atom stereocenters. The summed E-state index contributed by atoms with van der Waals surface area (Å²) < 4.78 is 0. The van der Waals surface area contributed by atoms with E-state index < -0.39 is 0 Å². The molecule has 166 valence electrons. The van der Waals surface area contributed by atoms with Gasteiger partial charge >= 0.3 is 0 Å². The Labute approximate surface area is 189 Å². The lowest BCUT2D eigenvalue weighted by atomic mass is 9.86. The molecule has 1 aromatic rings. The minimum Gasteiger partial charge on any atom is -0.357 e. The quantitative estimate of drug-likeness (QED) is 0.203. The van der Waals surface area contributed by atoms with Crippen LogP contribution in [0.2, 0.25) is 0 Å². The predicted molar refractivity (Wildman–Crippen MR) is 136 cm³/mol. The second kappa shape index (κ2) is 10.5. The van der Waals surface area contributed by atoms with Crippen molar-refractivity contribution in [3.63, 3.8) is 0 Å². The average molecular weight is 418 g/mol. The molecule has 3 heteroatoms. The van der Waals surface area contributed by atoms with Gasteiger partial charge < -0.3 is 4.90 Å². The third-order valence-electron chi connectivity index (χ3n) is 5.79. The Bertz CT molecular complexity index is 895. The van der Waals surface area contributed by atoms with Crippen molar-refractivity contribution in [2.24, 2.45) is 11.0 Å². The molecule has 1 heterocycles. The van der Waals surface area contributed by atoms with Crippen molar-refractivity contribution in [3.8, 4) is 0 Å². The molecule has 1 aliphatic rings. The van der Waals surface area contributed by atoms with Crippen molar-refractivity contribution in [2.45, 2.75) is 59.8 Å². The van der Waals surface area contributed by atoms with Crippen LogP contribution < -0.4 is 0 Å². The van der Waals surface area contributed by atoms with Crippen LogP contribution in [0.5, 0.6) is 0 Å². The normalized spacial score (nSPS) is 15.2. The number of benzene rings is 1. The summed E-state index contributed by atoms with van der Waals surface area (Å²) in [6, 6.07) is 8.72. The highest BCUT2D eigenvalue weighted by Gasteiger charge is 2.21. The summed E-state index contributed by atoms with van der Waals surface area (Å²) in [7, 11) is 0. The van der Waals surface area contributed by atoms with Gasteiger partial charge in [-0.2, -0.15) is 5.10 Å². The van der Waals surface area contributed by atoms with Crippen molar-refractivity contribution < 1.29 is 0 Å². The van der Waals surface area contributed by atoms with E-state index in [1.807, 2.05) is 19.1 Å². The van der Waals surface area contributed by atoms with Crippen LogP contribution in [0.15, 0.2) is 77.5 Å². The first-order valence-corrected chi connectivity index (χ1v) is 11.1. The van der Waals surface area contributed by atoms with Crippen LogP contribution in [-0.2, 0) is 5.41 Å². The zero-order valence-corrected chi connectivity index (χ0v) is 20.3. The van der Waals surface area contributed by atoms with Crippen molar-refractivity contribution in [3.05, 3.63) is 83.5 Å². The molecule has 2 rings (SSSR count). The number of hydrogen-bond donors (Lipinski definition) is 0. The number of allylic oxidation sites excluding steroid dienone is 3. The lowest BCUT2D eigenvalue weighted by Crippen LogP contribution is -2.37.